The molecule has 0 amide bonds. The number of ketones is 1. The lowest BCUT2D eigenvalue weighted by molar-refractivity contribution is 0.0976. The summed E-state index contributed by atoms with van der Waals surface area (Å²) in [6.07, 6.45) is 2.50. The quantitative estimate of drug-likeness (QED) is 0.763. The first-order valence-corrected chi connectivity index (χ1v) is 4.37. The number of carbonyl (C=O) groups excluding carboxylic acids is 1. The van der Waals surface area contributed by atoms with E-state index < -0.39 is 0 Å². The predicted octanol–water partition coefficient (Wildman–Crippen LogP) is 1.82. The van der Waals surface area contributed by atoms with E-state index in [4.69, 9.17) is 5.73 Å². The maximum absolute atomic E-state index is 11.2. The number of nitrogens with two attached hydrogens (primary N) is 1. The maximum Gasteiger partial charge on any atom is 0.180 e. The molecule has 1 heterocycles. The Balaban J connectivity index is 0.000000720. The fourth-order valence-corrected chi connectivity index (χ4v) is 2.13. The predicted molar refractivity (Wildman–Crippen MR) is 54.1 cm³/mol. The van der Waals surface area contributed by atoms with Gasteiger partial charge in [-0.2, -0.15) is 0 Å². The molecule has 0 bridgehead atoms. The standard InChI is InChI=1S/C7H8N2OS.BrH/c8-7-9-4-2-1-3-5(10)6(4)11-7;/h1-3H2,(H2,8,9);1H. The van der Waals surface area contributed by atoms with Crippen molar-refractivity contribution in [1.82, 2.24) is 4.98 Å². The molecular weight excluding hydrogens is 240 g/mol. The molecule has 1 aliphatic rings. The second-order valence-electron chi connectivity index (χ2n) is 2.60. The zero-order valence-corrected chi connectivity index (χ0v) is 8.90. The van der Waals surface area contributed by atoms with Gasteiger partial charge in [0.2, 0.25) is 0 Å². The topological polar surface area (TPSA) is 56.0 Å². The van der Waals surface area contributed by atoms with E-state index in [2.05, 4.69) is 4.98 Å². The highest BCUT2D eigenvalue weighted by atomic mass is 79.9. The third-order valence-electron chi connectivity index (χ3n) is 1.78. The van der Waals surface area contributed by atoms with Gasteiger partial charge < -0.3 is 5.73 Å². The molecule has 0 spiro atoms. The second kappa shape index (κ2) is 3.53. The molecule has 2 N–H and O–H groups in total. The number of hydrogen-bond acceptors (Lipinski definition) is 4. The van der Waals surface area contributed by atoms with Crippen LogP contribution >= 0.6 is 28.3 Å². The Morgan fingerprint density at radius 1 is 1.42 bits per heavy atom. The van der Waals surface area contributed by atoms with E-state index >= 15 is 0 Å². The number of carbonyl (C=O) groups is 1. The van der Waals surface area contributed by atoms with Gasteiger partial charge in [-0.3, -0.25) is 4.79 Å². The SMILES string of the molecule is Br.Nc1nc2c(s1)C(=O)CCC2. The number of fused-ring (bicyclic) bond motifs is 1. The molecule has 2 rings (SSSR count). The highest BCUT2D eigenvalue weighted by molar-refractivity contribution is 8.93. The van der Waals surface area contributed by atoms with E-state index in [0.29, 0.717) is 11.6 Å². The van der Waals surface area contributed by atoms with Gasteiger partial charge in [-0.25, -0.2) is 4.98 Å². The van der Waals surface area contributed by atoms with Crippen LogP contribution < -0.4 is 5.73 Å². The van der Waals surface area contributed by atoms with E-state index in [1.807, 2.05) is 0 Å². The minimum atomic E-state index is 0. The summed E-state index contributed by atoms with van der Waals surface area (Å²) in [5.41, 5.74) is 6.38. The van der Waals surface area contributed by atoms with Crippen LogP contribution in [0.4, 0.5) is 5.13 Å². The van der Waals surface area contributed by atoms with E-state index in [-0.39, 0.29) is 22.8 Å². The van der Waals surface area contributed by atoms with E-state index in [1.54, 1.807) is 0 Å². The molecule has 5 heteroatoms. The zero-order valence-electron chi connectivity index (χ0n) is 6.37. The molecule has 0 saturated carbocycles. The van der Waals surface area contributed by atoms with Crippen LogP contribution in [0.2, 0.25) is 0 Å². The minimum absolute atomic E-state index is 0. The van der Waals surface area contributed by atoms with Crippen molar-refractivity contribution in [3.05, 3.63) is 10.6 Å². The van der Waals surface area contributed by atoms with Gasteiger partial charge in [-0.15, -0.1) is 17.0 Å². The Labute approximate surface area is 84.8 Å². The normalized spacial score (nSPS) is 15.2. The Kier molecular flexibility index (Phi) is 2.85. The van der Waals surface area contributed by atoms with Crippen molar-refractivity contribution < 1.29 is 4.79 Å². The number of aromatic nitrogens is 1. The number of nitrogen functional groups attached to an aromatic ring is 1. The summed E-state index contributed by atoms with van der Waals surface area (Å²) >= 11 is 1.32. The number of Topliss-reactive ketones (excluding diaryl/α,β-unsaturated/α-hetero) is 1. The molecule has 12 heavy (non-hydrogen) atoms. The van der Waals surface area contributed by atoms with Gasteiger partial charge in [0.25, 0.3) is 0 Å². The number of nitrogens with zero attached hydrogens (tertiary/aromatic N) is 1. The van der Waals surface area contributed by atoms with Gasteiger partial charge in [-0.1, -0.05) is 11.3 Å². The maximum atomic E-state index is 11.2. The lowest BCUT2D eigenvalue weighted by atomic mass is 10.0. The molecule has 3 nitrogen and oxygen atoms in total. The first-order chi connectivity index (χ1) is 5.27. The molecule has 66 valence electrons. The van der Waals surface area contributed by atoms with Crippen molar-refractivity contribution in [2.24, 2.45) is 0 Å². The van der Waals surface area contributed by atoms with Crippen molar-refractivity contribution in [2.75, 3.05) is 5.73 Å². The first-order valence-electron chi connectivity index (χ1n) is 3.56. The third-order valence-corrected chi connectivity index (χ3v) is 2.75. The molecule has 0 radical (unpaired) electrons. The number of aryl methyl sites for hydroxylation is 1. The van der Waals surface area contributed by atoms with Gasteiger partial charge in [0.05, 0.1) is 10.6 Å². The number of anilines is 1. The Bertz CT molecular complexity index is 310. The molecule has 1 aliphatic carbocycles. The van der Waals surface area contributed by atoms with Crippen molar-refractivity contribution in [3.63, 3.8) is 0 Å². The van der Waals surface area contributed by atoms with Gasteiger partial charge in [0, 0.05) is 6.42 Å². The minimum Gasteiger partial charge on any atom is -0.375 e. The molecular formula is C7H9BrN2OS. The average Bonchev–Trinajstić information content (AvgIpc) is 2.31. The lowest BCUT2D eigenvalue weighted by Crippen LogP contribution is -2.07. The van der Waals surface area contributed by atoms with Gasteiger partial charge in [0.15, 0.2) is 10.9 Å². The fourth-order valence-electron chi connectivity index (χ4n) is 1.29. The van der Waals surface area contributed by atoms with Crippen LogP contribution in [0.5, 0.6) is 0 Å². The van der Waals surface area contributed by atoms with Crippen LogP contribution in [0, 0.1) is 0 Å². The fraction of sp³-hybridized carbons (Fsp3) is 0.429. The van der Waals surface area contributed by atoms with Crippen LogP contribution in [0.15, 0.2) is 0 Å². The monoisotopic (exact) mass is 248 g/mol. The van der Waals surface area contributed by atoms with Crippen LogP contribution in [-0.4, -0.2) is 10.8 Å². The zero-order chi connectivity index (χ0) is 7.84. The third kappa shape index (κ3) is 1.51. The molecule has 0 saturated heterocycles. The van der Waals surface area contributed by atoms with Crippen molar-refractivity contribution >= 4 is 39.2 Å². The Morgan fingerprint density at radius 2 is 2.17 bits per heavy atom. The summed E-state index contributed by atoms with van der Waals surface area (Å²) < 4.78 is 0. The second-order valence-corrected chi connectivity index (χ2v) is 3.64. The number of halogens is 1. The first kappa shape index (κ1) is 9.67. The summed E-state index contributed by atoms with van der Waals surface area (Å²) in [7, 11) is 0. The number of rotatable bonds is 0. The number of thiazole rings is 1. The average molecular weight is 249 g/mol. The summed E-state index contributed by atoms with van der Waals surface area (Å²) in [6, 6.07) is 0. The Morgan fingerprint density at radius 3 is 2.83 bits per heavy atom. The largest absolute Gasteiger partial charge is 0.375 e. The van der Waals surface area contributed by atoms with Crippen LogP contribution in [-0.2, 0) is 6.42 Å². The molecule has 1 aromatic rings. The summed E-state index contributed by atoms with van der Waals surface area (Å²) in [4.78, 5) is 16.1. The number of hydrogen-bond donors (Lipinski definition) is 1. The smallest absolute Gasteiger partial charge is 0.180 e. The van der Waals surface area contributed by atoms with Crippen LogP contribution in [0.3, 0.4) is 0 Å². The van der Waals surface area contributed by atoms with E-state index in [9.17, 15) is 4.79 Å². The lowest BCUT2D eigenvalue weighted by Gasteiger charge is -2.05. The summed E-state index contributed by atoms with van der Waals surface area (Å²) in [5.74, 6) is 0.209. The van der Waals surface area contributed by atoms with E-state index in [1.165, 1.54) is 11.3 Å². The molecule has 0 atom stereocenters. The van der Waals surface area contributed by atoms with Gasteiger partial charge in [-0.05, 0) is 12.8 Å². The van der Waals surface area contributed by atoms with E-state index in [0.717, 1.165) is 23.4 Å². The molecule has 0 unspecified atom stereocenters. The highest BCUT2D eigenvalue weighted by Crippen LogP contribution is 2.27. The van der Waals surface area contributed by atoms with Crippen LogP contribution in [0.1, 0.15) is 28.2 Å². The highest BCUT2D eigenvalue weighted by Gasteiger charge is 2.20. The Hall–Kier alpha value is -0.420. The van der Waals surface area contributed by atoms with Gasteiger partial charge in [0.1, 0.15) is 0 Å². The molecule has 0 fully saturated rings. The molecule has 1 aromatic heterocycles. The molecule has 0 aliphatic heterocycles. The summed E-state index contributed by atoms with van der Waals surface area (Å²) in [6.45, 7) is 0. The van der Waals surface area contributed by atoms with Crippen molar-refractivity contribution in [2.45, 2.75) is 19.3 Å². The van der Waals surface area contributed by atoms with Crippen LogP contribution in [0.25, 0.3) is 0 Å². The van der Waals surface area contributed by atoms with Crippen molar-refractivity contribution in [1.29, 1.82) is 0 Å². The van der Waals surface area contributed by atoms with Crippen molar-refractivity contribution in [3.8, 4) is 0 Å². The summed E-state index contributed by atoms with van der Waals surface area (Å²) in [5, 5.41) is 0.519. The van der Waals surface area contributed by atoms with Gasteiger partial charge >= 0.3 is 0 Å². The molecule has 0 aromatic carbocycles.